The van der Waals surface area contributed by atoms with E-state index in [1.165, 1.54) is 5.56 Å². The van der Waals surface area contributed by atoms with Crippen molar-refractivity contribution in [1.82, 2.24) is 18.9 Å². The average molecular weight is 370 g/mol. The number of thioether (sulfide) groups is 1. The first kappa shape index (κ1) is 17.3. The maximum Gasteiger partial charge on any atom is 0.348 e. The summed E-state index contributed by atoms with van der Waals surface area (Å²) in [5, 5.41) is 9.95. The van der Waals surface area contributed by atoms with Crippen LogP contribution in [0.3, 0.4) is 0 Å². The highest BCUT2D eigenvalue weighted by Gasteiger charge is 2.20. The van der Waals surface area contributed by atoms with Crippen LogP contribution in [0.25, 0.3) is 5.65 Å². The van der Waals surface area contributed by atoms with Crippen LogP contribution >= 0.6 is 11.8 Å². The van der Waals surface area contributed by atoms with Gasteiger partial charge in [-0.1, -0.05) is 17.8 Å². The Morgan fingerprint density at radius 1 is 1.19 bits per heavy atom. The lowest BCUT2D eigenvalue weighted by atomic mass is 9.97. The van der Waals surface area contributed by atoms with Gasteiger partial charge in [-0.3, -0.25) is 4.57 Å². The van der Waals surface area contributed by atoms with Crippen LogP contribution in [0.5, 0.6) is 0 Å². The van der Waals surface area contributed by atoms with Crippen LogP contribution < -0.4 is 5.69 Å². The van der Waals surface area contributed by atoms with Crippen molar-refractivity contribution in [3.8, 4) is 0 Å². The summed E-state index contributed by atoms with van der Waals surface area (Å²) >= 11 is 1.60. The number of rotatable bonds is 6. The fourth-order valence-corrected chi connectivity index (χ4v) is 4.49. The Balaban J connectivity index is 1.61. The van der Waals surface area contributed by atoms with E-state index in [1.54, 1.807) is 16.3 Å². The number of fused-ring (bicyclic) bond motifs is 2. The zero-order valence-corrected chi connectivity index (χ0v) is 15.4. The van der Waals surface area contributed by atoms with Crippen molar-refractivity contribution in [2.45, 2.75) is 49.4 Å². The molecule has 0 saturated carbocycles. The normalized spacial score (nSPS) is 13.9. The summed E-state index contributed by atoms with van der Waals surface area (Å²) in [5.74, 6) is 0.696. The first-order chi connectivity index (χ1) is 12.8. The van der Waals surface area contributed by atoms with Gasteiger partial charge < -0.3 is 9.51 Å². The average Bonchev–Trinajstić information content (AvgIpc) is 3.08. The van der Waals surface area contributed by atoms with E-state index >= 15 is 0 Å². The molecule has 0 aromatic carbocycles. The minimum atomic E-state index is -0.198. The summed E-state index contributed by atoms with van der Waals surface area (Å²) in [6.07, 6.45) is 8.72. The van der Waals surface area contributed by atoms with Crippen molar-refractivity contribution in [3.05, 3.63) is 58.0 Å². The highest BCUT2D eigenvalue weighted by atomic mass is 32.2. The first-order valence-corrected chi connectivity index (χ1v) is 10.0. The summed E-state index contributed by atoms with van der Waals surface area (Å²) in [7, 11) is 0. The van der Waals surface area contributed by atoms with Crippen LogP contribution in [0.2, 0.25) is 0 Å². The maximum absolute atomic E-state index is 12.5. The molecule has 0 aliphatic heterocycles. The smallest absolute Gasteiger partial charge is 0.348 e. The molecule has 0 unspecified atom stereocenters. The van der Waals surface area contributed by atoms with Gasteiger partial charge in [-0.05, 0) is 44.2 Å². The van der Waals surface area contributed by atoms with Gasteiger partial charge in [-0.2, -0.15) is 4.98 Å². The fraction of sp³-hybridized carbons (Fsp3) is 0.421. The standard InChI is InChI=1S/C19H22N4O2S/c24-11-5-10-23-16-7-2-1-6-15(16)18(21-19(23)25)26-13-14-12-22-9-4-3-8-17(22)20-14/h3-4,8-9,12,24H,1-2,5-7,10-11,13H2. The number of pyridine rings is 1. The van der Waals surface area contributed by atoms with Crippen LogP contribution in [0.15, 0.2) is 40.4 Å². The molecule has 1 N–H and O–H groups in total. The van der Waals surface area contributed by atoms with Gasteiger partial charge in [0.1, 0.15) is 10.7 Å². The molecule has 26 heavy (non-hydrogen) atoms. The molecule has 0 saturated heterocycles. The zero-order valence-electron chi connectivity index (χ0n) is 14.6. The third-order valence-electron chi connectivity index (χ3n) is 4.76. The van der Waals surface area contributed by atoms with Gasteiger partial charge in [0.05, 0.1) is 5.69 Å². The Labute approximate surface area is 155 Å². The number of aromatic nitrogens is 4. The lowest BCUT2D eigenvalue weighted by Gasteiger charge is -2.22. The Hall–Kier alpha value is -2.12. The van der Waals surface area contributed by atoms with E-state index < -0.39 is 0 Å². The topological polar surface area (TPSA) is 72.4 Å². The molecule has 3 aromatic heterocycles. The molecule has 0 amide bonds. The van der Waals surface area contributed by atoms with Gasteiger partial charge in [-0.25, -0.2) is 9.78 Å². The summed E-state index contributed by atoms with van der Waals surface area (Å²) in [6, 6.07) is 5.94. The van der Waals surface area contributed by atoms with Gasteiger partial charge >= 0.3 is 5.69 Å². The van der Waals surface area contributed by atoms with Crippen molar-refractivity contribution >= 4 is 17.4 Å². The number of hydrogen-bond donors (Lipinski definition) is 1. The Morgan fingerprint density at radius 3 is 2.92 bits per heavy atom. The van der Waals surface area contributed by atoms with E-state index in [2.05, 4.69) is 9.97 Å². The van der Waals surface area contributed by atoms with Crippen LogP contribution in [0.1, 0.15) is 36.2 Å². The van der Waals surface area contributed by atoms with E-state index in [9.17, 15) is 4.79 Å². The molecule has 0 radical (unpaired) electrons. The first-order valence-electron chi connectivity index (χ1n) is 9.05. The molecule has 6 nitrogen and oxygen atoms in total. The molecule has 0 bridgehead atoms. The molecule has 0 atom stereocenters. The molecule has 1 aliphatic rings. The zero-order chi connectivity index (χ0) is 17.9. The molecule has 0 spiro atoms. The van der Waals surface area contributed by atoms with Gasteiger partial charge in [0.2, 0.25) is 0 Å². The van der Waals surface area contributed by atoms with Gasteiger partial charge in [0.15, 0.2) is 0 Å². The van der Waals surface area contributed by atoms with Crippen molar-refractivity contribution in [3.63, 3.8) is 0 Å². The third kappa shape index (κ3) is 3.41. The van der Waals surface area contributed by atoms with E-state index in [0.29, 0.717) is 18.7 Å². The predicted octanol–water partition coefficient (Wildman–Crippen LogP) is 2.44. The largest absolute Gasteiger partial charge is 0.396 e. The summed E-state index contributed by atoms with van der Waals surface area (Å²) in [4.78, 5) is 21.5. The molecule has 3 aromatic rings. The molecular formula is C19H22N4O2S. The second-order valence-electron chi connectivity index (χ2n) is 6.55. The second-order valence-corrected chi connectivity index (χ2v) is 7.51. The fourth-order valence-electron chi connectivity index (χ4n) is 3.53. The summed E-state index contributed by atoms with van der Waals surface area (Å²) in [5.41, 5.74) is 4.04. The number of nitrogens with zero attached hydrogens (tertiary/aromatic N) is 4. The number of aliphatic hydroxyl groups is 1. The lowest BCUT2D eigenvalue weighted by Crippen LogP contribution is -2.30. The van der Waals surface area contributed by atoms with Gasteiger partial charge in [-0.15, -0.1) is 0 Å². The van der Waals surface area contributed by atoms with Gasteiger partial charge in [0, 0.05) is 42.6 Å². The highest BCUT2D eigenvalue weighted by Crippen LogP contribution is 2.30. The van der Waals surface area contributed by atoms with Crippen LogP contribution in [0, 0.1) is 0 Å². The van der Waals surface area contributed by atoms with E-state index in [4.69, 9.17) is 5.11 Å². The number of aliphatic hydroxyl groups excluding tert-OH is 1. The lowest BCUT2D eigenvalue weighted by molar-refractivity contribution is 0.277. The van der Waals surface area contributed by atoms with E-state index in [1.807, 2.05) is 35.0 Å². The number of hydrogen-bond acceptors (Lipinski definition) is 5. The molecular weight excluding hydrogens is 348 g/mol. The molecule has 0 fully saturated rings. The van der Waals surface area contributed by atoms with Crippen LogP contribution in [-0.2, 0) is 25.1 Å². The molecule has 3 heterocycles. The van der Waals surface area contributed by atoms with Gasteiger partial charge in [0.25, 0.3) is 0 Å². The minimum Gasteiger partial charge on any atom is -0.396 e. The number of imidazole rings is 1. The summed E-state index contributed by atoms with van der Waals surface area (Å²) < 4.78 is 3.77. The quantitative estimate of drug-likeness (QED) is 0.533. The Bertz CT molecular complexity index is 946. The molecule has 7 heteroatoms. The van der Waals surface area contributed by atoms with E-state index in [-0.39, 0.29) is 12.3 Å². The Morgan fingerprint density at radius 2 is 2.08 bits per heavy atom. The maximum atomic E-state index is 12.5. The Kier molecular flexibility index (Phi) is 5.08. The van der Waals surface area contributed by atoms with Crippen molar-refractivity contribution in [2.75, 3.05) is 6.61 Å². The van der Waals surface area contributed by atoms with Crippen LogP contribution in [-0.4, -0.2) is 30.6 Å². The highest BCUT2D eigenvalue weighted by molar-refractivity contribution is 7.98. The van der Waals surface area contributed by atoms with Crippen LogP contribution in [0.4, 0.5) is 0 Å². The van der Waals surface area contributed by atoms with Crippen molar-refractivity contribution in [2.24, 2.45) is 0 Å². The molecule has 1 aliphatic carbocycles. The van der Waals surface area contributed by atoms with E-state index in [0.717, 1.165) is 47.7 Å². The molecule has 136 valence electrons. The summed E-state index contributed by atoms with van der Waals surface area (Å²) in [6.45, 7) is 0.633. The third-order valence-corrected chi connectivity index (χ3v) is 5.81. The minimum absolute atomic E-state index is 0.0889. The van der Waals surface area contributed by atoms with Crippen molar-refractivity contribution < 1.29 is 5.11 Å². The second kappa shape index (κ2) is 7.63. The molecule has 4 rings (SSSR count). The predicted molar refractivity (Wildman–Crippen MR) is 102 cm³/mol. The van der Waals surface area contributed by atoms with Crippen molar-refractivity contribution in [1.29, 1.82) is 0 Å². The SMILES string of the molecule is O=c1nc(SCc2cn3ccccc3n2)c2c(n1CCCO)CCCC2. The monoisotopic (exact) mass is 370 g/mol.